The summed E-state index contributed by atoms with van der Waals surface area (Å²) in [7, 11) is 0. The lowest BCUT2D eigenvalue weighted by Gasteiger charge is -2.10. The van der Waals surface area contributed by atoms with Gasteiger partial charge in [-0.2, -0.15) is 0 Å². The van der Waals surface area contributed by atoms with Crippen molar-refractivity contribution in [2.45, 2.75) is 65.1 Å². The van der Waals surface area contributed by atoms with Crippen molar-refractivity contribution in [3.63, 3.8) is 0 Å². The molecule has 1 rings (SSSR count). The molecule has 0 amide bonds. The molecular weight excluding hydrogens is 204 g/mol. The van der Waals surface area contributed by atoms with Crippen LogP contribution in [0.5, 0.6) is 0 Å². The van der Waals surface area contributed by atoms with Crippen molar-refractivity contribution < 1.29 is 14.3 Å². The number of hydrogen-bond donors (Lipinski definition) is 0. The molecule has 1 aliphatic heterocycles. The highest BCUT2D eigenvalue weighted by molar-refractivity contribution is 5.69. The lowest BCUT2D eigenvalue weighted by molar-refractivity contribution is -0.149. The van der Waals surface area contributed by atoms with Crippen molar-refractivity contribution in [2.75, 3.05) is 6.61 Å². The van der Waals surface area contributed by atoms with Crippen LogP contribution < -0.4 is 0 Å². The van der Waals surface area contributed by atoms with Crippen LogP contribution in [-0.2, 0) is 14.3 Å². The van der Waals surface area contributed by atoms with Crippen LogP contribution in [0.3, 0.4) is 0 Å². The maximum atomic E-state index is 11.4. The average Bonchev–Trinajstić information content (AvgIpc) is 2.99. The van der Waals surface area contributed by atoms with Crippen molar-refractivity contribution >= 4 is 5.97 Å². The number of carbonyl (C=O) groups excluding carboxylic acids is 1. The molecular formula is C13H24O3. The van der Waals surface area contributed by atoms with Gasteiger partial charge < -0.3 is 9.47 Å². The Hall–Kier alpha value is -0.570. The largest absolute Gasteiger partial charge is 0.460 e. The van der Waals surface area contributed by atoms with Crippen LogP contribution in [0.4, 0.5) is 0 Å². The molecule has 0 radical (unpaired) electrons. The molecule has 2 unspecified atom stereocenters. The SMILES string of the molecule is CC(C)CCCCCC(=O)OC(C)C1CO1. The summed E-state index contributed by atoms with van der Waals surface area (Å²) >= 11 is 0. The Bertz CT molecular complexity index is 209. The van der Waals surface area contributed by atoms with Gasteiger partial charge in [0.15, 0.2) is 0 Å². The molecule has 16 heavy (non-hydrogen) atoms. The third kappa shape index (κ3) is 6.11. The van der Waals surface area contributed by atoms with E-state index in [0.29, 0.717) is 6.42 Å². The van der Waals surface area contributed by atoms with Gasteiger partial charge in [-0.25, -0.2) is 0 Å². The molecule has 0 aromatic rings. The molecule has 1 aliphatic rings. The second kappa shape index (κ2) is 6.89. The van der Waals surface area contributed by atoms with Crippen LogP contribution >= 0.6 is 0 Å². The molecule has 1 fully saturated rings. The van der Waals surface area contributed by atoms with Gasteiger partial charge in [-0.3, -0.25) is 4.79 Å². The summed E-state index contributed by atoms with van der Waals surface area (Å²) in [6, 6.07) is 0. The maximum absolute atomic E-state index is 11.4. The first-order chi connectivity index (χ1) is 7.59. The molecule has 0 aromatic heterocycles. The number of esters is 1. The van der Waals surface area contributed by atoms with Crippen LogP contribution in [0.15, 0.2) is 0 Å². The monoisotopic (exact) mass is 228 g/mol. The predicted octanol–water partition coefficient (Wildman–Crippen LogP) is 2.92. The molecule has 3 heteroatoms. The van der Waals surface area contributed by atoms with E-state index in [-0.39, 0.29) is 18.2 Å². The molecule has 0 saturated carbocycles. The van der Waals surface area contributed by atoms with Gasteiger partial charge in [0.05, 0.1) is 6.61 Å². The van der Waals surface area contributed by atoms with Crippen LogP contribution in [0.2, 0.25) is 0 Å². The van der Waals surface area contributed by atoms with Crippen molar-refractivity contribution in [3.8, 4) is 0 Å². The topological polar surface area (TPSA) is 38.8 Å². The second-order valence-electron chi connectivity index (χ2n) is 5.06. The van der Waals surface area contributed by atoms with Gasteiger partial charge in [-0.05, 0) is 19.3 Å². The summed E-state index contributed by atoms with van der Waals surface area (Å²) in [6.07, 6.45) is 5.18. The molecule has 1 saturated heterocycles. The van der Waals surface area contributed by atoms with E-state index < -0.39 is 0 Å². The van der Waals surface area contributed by atoms with E-state index in [9.17, 15) is 4.79 Å². The molecule has 0 aliphatic carbocycles. The standard InChI is InChI=1S/C13H24O3/c1-10(2)7-5-4-6-8-13(14)16-11(3)12-9-15-12/h10-12H,4-9H2,1-3H3. The Morgan fingerprint density at radius 3 is 2.56 bits per heavy atom. The minimum absolute atomic E-state index is 0.0665. The fourth-order valence-electron chi connectivity index (χ4n) is 1.67. The van der Waals surface area contributed by atoms with Gasteiger partial charge in [0.25, 0.3) is 0 Å². The van der Waals surface area contributed by atoms with Gasteiger partial charge in [0.2, 0.25) is 0 Å². The zero-order valence-electron chi connectivity index (χ0n) is 10.7. The second-order valence-corrected chi connectivity index (χ2v) is 5.06. The smallest absolute Gasteiger partial charge is 0.306 e. The molecule has 2 atom stereocenters. The minimum Gasteiger partial charge on any atom is -0.460 e. The summed E-state index contributed by atoms with van der Waals surface area (Å²) in [5.41, 5.74) is 0. The summed E-state index contributed by atoms with van der Waals surface area (Å²) in [4.78, 5) is 11.4. The molecule has 3 nitrogen and oxygen atoms in total. The van der Waals surface area contributed by atoms with Crippen LogP contribution in [0, 0.1) is 5.92 Å². The zero-order valence-corrected chi connectivity index (χ0v) is 10.7. The van der Waals surface area contributed by atoms with Gasteiger partial charge in [0.1, 0.15) is 12.2 Å². The number of rotatable bonds is 8. The van der Waals surface area contributed by atoms with Crippen molar-refractivity contribution in [2.24, 2.45) is 5.92 Å². The molecule has 1 heterocycles. The van der Waals surface area contributed by atoms with E-state index in [1.54, 1.807) is 0 Å². The normalized spacial score (nSPS) is 20.9. The van der Waals surface area contributed by atoms with Crippen LogP contribution in [-0.4, -0.2) is 24.8 Å². The van der Waals surface area contributed by atoms with Gasteiger partial charge in [-0.15, -0.1) is 0 Å². The Morgan fingerprint density at radius 2 is 2.00 bits per heavy atom. The van der Waals surface area contributed by atoms with Crippen molar-refractivity contribution in [3.05, 3.63) is 0 Å². The predicted molar refractivity (Wildman–Crippen MR) is 63.2 cm³/mol. The van der Waals surface area contributed by atoms with E-state index in [0.717, 1.165) is 25.4 Å². The van der Waals surface area contributed by atoms with E-state index in [4.69, 9.17) is 9.47 Å². The third-order valence-electron chi connectivity index (χ3n) is 2.86. The first kappa shape index (κ1) is 13.5. The lowest BCUT2D eigenvalue weighted by Crippen LogP contribution is -2.19. The van der Waals surface area contributed by atoms with Crippen LogP contribution in [0.1, 0.15) is 52.9 Å². The van der Waals surface area contributed by atoms with E-state index in [1.807, 2.05) is 6.92 Å². The van der Waals surface area contributed by atoms with Gasteiger partial charge in [-0.1, -0.05) is 33.1 Å². The van der Waals surface area contributed by atoms with Crippen molar-refractivity contribution in [1.29, 1.82) is 0 Å². The highest BCUT2D eigenvalue weighted by atomic mass is 16.6. The summed E-state index contributed by atoms with van der Waals surface area (Å²) < 4.78 is 10.3. The third-order valence-corrected chi connectivity index (χ3v) is 2.86. The Labute approximate surface area is 98.5 Å². The average molecular weight is 228 g/mol. The van der Waals surface area contributed by atoms with Gasteiger partial charge >= 0.3 is 5.97 Å². The molecule has 0 bridgehead atoms. The highest BCUT2D eigenvalue weighted by Crippen LogP contribution is 2.17. The first-order valence-electron chi connectivity index (χ1n) is 6.40. The Kier molecular flexibility index (Phi) is 5.81. The number of hydrogen-bond acceptors (Lipinski definition) is 3. The highest BCUT2D eigenvalue weighted by Gasteiger charge is 2.31. The summed E-state index contributed by atoms with van der Waals surface area (Å²) in [6.45, 7) is 7.09. The molecule has 94 valence electrons. The maximum Gasteiger partial charge on any atom is 0.306 e. The van der Waals surface area contributed by atoms with E-state index in [2.05, 4.69) is 13.8 Å². The summed E-state index contributed by atoms with van der Waals surface area (Å²) in [5, 5.41) is 0. The minimum atomic E-state index is -0.0763. The number of unbranched alkanes of at least 4 members (excludes halogenated alkanes) is 2. The fourth-order valence-corrected chi connectivity index (χ4v) is 1.67. The van der Waals surface area contributed by atoms with E-state index >= 15 is 0 Å². The Morgan fingerprint density at radius 1 is 1.31 bits per heavy atom. The number of epoxide rings is 1. The number of ether oxygens (including phenoxy) is 2. The summed E-state index contributed by atoms with van der Waals surface area (Å²) in [5.74, 6) is 0.687. The number of carbonyl (C=O) groups is 1. The quantitative estimate of drug-likeness (QED) is 0.364. The van der Waals surface area contributed by atoms with Crippen LogP contribution in [0.25, 0.3) is 0 Å². The van der Waals surface area contributed by atoms with Gasteiger partial charge in [0, 0.05) is 6.42 Å². The first-order valence-corrected chi connectivity index (χ1v) is 6.40. The molecule has 0 aromatic carbocycles. The zero-order chi connectivity index (χ0) is 12.0. The van der Waals surface area contributed by atoms with E-state index in [1.165, 1.54) is 12.8 Å². The fraction of sp³-hybridized carbons (Fsp3) is 0.923. The van der Waals surface area contributed by atoms with Crippen molar-refractivity contribution in [1.82, 2.24) is 0 Å². The Balaban J connectivity index is 1.93. The molecule has 0 N–H and O–H groups in total. The molecule has 0 spiro atoms. The lowest BCUT2D eigenvalue weighted by atomic mass is 10.0.